The molecule has 4 aromatic rings. The summed E-state index contributed by atoms with van der Waals surface area (Å²) in [7, 11) is 1.23. The summed E-state index contributed by atoms with van der Waals surface area (Å²) in [4.78, 5) is 51.4. The van der Waals surface area contributed by atoms with Gasteiger partial charge in [-0.1, -0.05) is 56.9 Å². The van der Waals surface area contributed by atoms with Gasteiger partial charge in [-0.05, 0) is 84.3 Å². The molecule has 13 heteroatoms. The zero-order chi connectivity index (χ0) is 38.4. The maximum absolute atomic E-state index is 13.5. The third kappa shape index (κ3) is 12.4. The summed E-state index contributed by atoms with van der Waals surface area (Å²) in [6, 6.07) is 21.9. The van der Waals surface area contributed by atoms with Crippen LogP contribution in [0.4, 0.5) is 18.9 Å². The van der Waals surface area contributed by atoms with E-state index in [1.165, 1.54) is 68.8 Å². The predicted molar refractivity (Wildman–Crippen MR) is 191 cm³/mol. The Balaban J connectivity index is 1.32. The van der Waals surface area contributed by atoms with Gasteiger partial charge in [0.15, 0.2) is 0 Å². The summed E-state index contributed by atoms with van der Waals surface area (Å²) in [6.45, 7) is 2.08. The zero-order valence-electron chi connectivity index (χ0n) is 29.4. The lowest BCUT2D eigenvalue weighted by molar-refractivity contribution is -0.138. The summed E-state index contributed by atoms with van der Waals surface area (Å²) in [5.74, 6) is -2.22. The second kappa shape index (κ2) is 19.1. The van der Waals surface area contributed by atoms with Crippen molar-refractivity contribution in [3.05, 3.63) is 119 Å². The number of nitrogens with zero attached hydrogens (tertiary/aromatic N) is 1. The van der Waals surface area contributed by atoms with E-state index in [9.17, 15) is 37.5 Å². The fraction of sp³-hybridized carbons (Fsp3) is 0.300. The molecule has 0 aliphatic carbocycles. The number of rotatable bonds is 18. The van der Waals surface area contributed by atoms with Crippen LogP contribution in [-0.2, 0) is 28.7 Å². The number of ether oxygens (including phenoxy) is 3. The Bertz CT molecular complexity index is 1840. The van der Waals surface area contributed by atoms with Crippen molar-refractivity contribution in [1.82, 2.24) is 4.90 Å². The molecule has 0 aromatic heterocycles. The lowest BCUT2D eigenvalue weighted by Gasteiger charge is -2.21. The molecule has 0 bridgehead atoms. The molecule has 280 valence electrons. The molecule has 0 fully saturated rings. The normalized spacial score (nSPS) is 11.0. The van der Waals surface area contributed by atoms with Crippen LogP contribution in [0.2, 0.25) is 0 Å². The van der Waals surface area contributed by atoms with Crippen LogP contribution in [0.5, 0.6) is 17.2 Å². The number of anilines is 1. The molecule has 0 aliphatic heterocycles. The van der Waals surface area contributed by atoms with E-state index in [0.29, 0.717) is 29.0 Å². The standard InChI is InChI=1S/C40H41F3N2O8/c1-3-4-5-6-7-22-52-31-18-14-30(15-19-31)39(50)53-32-16-10-28(11-17-32)25-45(26-37(47)48)38(49)29-12-8-27(9-13-29)23-36(46)44-35-21-20-33(51-2)24-34(35)40(41,42)43/h8-21,24H,3-7,22-23,25-26H2,1-2H3,(H,44,46)(H,47,48). The predicted octanol–water partition coefficient (Wildman–Crippen LogP) is 8.19. The van der Waals surface area contributed by atoms with E-state index in [-0.39, 0.29) is 30.0 Å². The number of aliphatic carboxylic acids is 1. The molecule has 0 heterocycles. The van der Waals surface area contributed by atoms with E-state index < -0.39 is 47.7 Å². The first-order chi connectivity index (χ1) is 25.4. The van der Waals surface area contributed by atoms with E-state index in [0.717, 1.165) is 29.9 Å². The molecule has 4 rings (SSSR count). The fourth-order valence-electron chi connectivity index (χ4n) is 5.32. The third-order valence-electron chi connectivity index (χ3n) is 8.10. The number of nitrogens with one attached hydrogen (secondary N) is 1. The minimum absolute atomic E-state index is 0.0164. The van der Waals surface area contributed by atoms with Crippen LogP contribution in [0.25, 0.3) is 0 Å². The maximum Gasteiger partial charge on any atom is 0.418 e. The van der Waals surface area contributed by atoms with Crippen LogP contribution in [0.15, 0.2) is 91.0 Å². The summed E-state index contributed by atoms with van der Waals surface area (Å²) < 4.78 is 56.7. The number of carboxylic acids is 1. The van der Waals surface area contributed by atoms with E-state index >= 15 is 0 Å². The van der Waals surface area contributed by atoms with Crippen molar-refractivity contribution < 1.29 is 51.7 Å². The number of carbonyl (C=O) groups excluding carboxylic acids is 3. The fourth-order valence-corrected chi connectivity index (χ4v) is 5.32. The van der Waals surface area contributed by atoms with Crippen LogP contribution in [0.3, 0.4) is 0 Å². The largest absolute Gasteiger partial charge is 0.497 e. The van der Waals surface area contributed by atoms with Crippen molar-refractivity contribution in [3.63, 3.8) is 0 Å². The van der Waals surface area contributed by atoms with Crippen molar-refractivity contribution in [2.24, 2.45) is 0 Å². The summed E-state index contributed by atoms with van der Waals surface area (Å²) in [6.07, 6.45) is 0.630. The first kappa shape index (κ1) is 39.9. The zero-order valence-corrected chi connectivity index (χ0v) is 29.4. The van der Waals surface area contributed by atoms with Crippen molar-refractivity contribution in [3.8, 4) is 17.2 Å². The van der Waals surface area contributed by atoms with Gasteiger partial charge in [0, 0.05) is 12.1 Å². The molecule has 4 aromatic carbocycles. The highest BCUT2D eigenvalue weighted by atomic mass is 19.4. The minimum atomic E-state index is -4.73. The van der Waals surface area contributed by atoms with Crippen LogP contribution < -0.4 is 19.5 Å². The number of alkyl halides is 3. The van der Waals surface area contributed by atoms with E-state index in [1.807, 2.05) is 0 Å². The molecular formula is C40H41F3N2O8. The van der Waals surface area contributed by atoms with Crippen LogP contribution >= 0.6 is 0 Å². The number of carboxylic acid groups (broad SMARTS) is 1. The number of carbonyl (C=O) groups is 4. The number of halogens is 3. The molecule has 53 heavy (non-hydrogen) atoms. The highest BCUT2D eigenvalue weighted by Crippen LogP contribution is 2.37. The Morgan fingerprint density at radius 1 is 0.755 bits per heavy atom. The Labute approximate surface area is 305 Å². The molecule has 2 amide bonds. The number of amides is 2. The third-order valence-corrected chi connectivity index (χ3v) is 8.10. The van der Waals surface area contributed by atoms with E-state index in [4.69, 9.17) is 14.2 Å². The highest BCUT2D eigenvalue weighted by Gasteiger charge is 2.34. The maximum atomic E-state index is 13.5. The van der Waals surface area contributed by atoms with Crippen LogP contribution in [0, 0.1) is 0 Å². The van der Waals surface area contributed by atoms with Gasteiger partial charge in [-0.3, -0.25) is 14.4 Å². The van der Waals surface area contributed by atoms with E-state index in [1.54, 1.807) is 36.4 Å². The Morgan fingerprint density at radius 2 is 1.36 bits per heavy atom. The second-order valence-electron chi connectivity index (χ2n) is 12.2. The summed E-state index contributed by atoms with van der Waals surface area (Å²) >= 11 is 0. The van der Waals surface area contributed by atoms with Crippen LogP contribution in [-0.4, -0.2) is 54.0 Å². The Kier molecular flexibility index (Phi) is 14.4. The molecule has 10 nitrogen and oxygen atoms in total. The molecule has 0 aliphatic rings. The smallest absolute Gasteiger partial charge is 0.418 e. The average molecular weight is 735 g/mol. The summed E-state index contributed by atoms with van der Waals surface area (Å²) in [5.41, 5.74) is -0.0319. The SMILES string of the molecule is CCCCCCCOc1ccc(C(=O)Oc2ccc(CN(CC(=O)O)C(=O)c3ccc(CC(=O)Nc4ccc(OC)cc4C(F)(F)F)cc3)cc2)cc1. The van der Waals surface area contributed by atoms with Gasteiger partial charge < -0.3 is 29.5 Å². The quantitative estimate of drug-likeness (QED) is 0.0595. The number of methoxy groups -OCH3 is 1. The number of hydrogen-bond donors (Lipinski definition) is 2. The monoisotopic (exact) mass is 734 g/mol. The molecule has 0 unspecified atom stereocenters. The first-order valence-corrected chi connectivity index (χ1v) is 17.0. The van der Waals surface area contributed by atoms with Gasteiger partial charge in [-0.25, -0.2) is 4.79 Å². The molecule has 0 spiro atoms. The molecule has 0 radical (unpaired) electrons. The number of hydrogen-bond acceptors (Lipinski definition) is 7. The van der Waals surface area contributed by atoms with Crippen molar-refractivity contribution in [2.45, 2.75) is 58.2 Å². The van der Waals surface area contributed by atoms with Crippen LogP contribution in [0.1, 0.15) is 76.4 Å². The Morgan fingerprint density at radius 3 is 1.98 bits per heavy atom. The van der Waals surface area contributed by atoms with Gasteiger partial charge in [-0.15, -0.1) is 0 Å². The highest BCUT2D eigenvalue weighted by molar-refractivity contribution is 5.96. The number of unbranched alkanes of at least 4 members (excludes halogenated alkanes) is 4. The summed E-state index contributed by atoms with van der Waals surface area (Å²) in [5, 5.41) is 11.8. The van der Waals surface area contributed by atoms with Crippen molar-refractivity contribution in [2.75, 3.05) is 25.6 Å². The van der Waals surface area contributed by atoms with Gasteiger partial charge in [0.1, 0.15) is 23.8 Å². The van der Waals surface area contributed by atoms with Gasteiger partial charge in [-0.2, -0.15) is 13.2 Å². The van der Waals surface area contributed by atoms with Gasteiger partial charge in [0.25, 0.3) is 5.91 Å². The van der Waals surface area contributed by atoms with Crippen molar-refractivity contribution in [1.29, 1.82) is 0 Å². The second-order valence-corrected chi connectivity index (χ2v) is 12.2. The molecule has 0 saturated carbocycles. The van der Waals surface area contributed by atoms with Gasteiger partial charge in [0.05, 0.1) is 37.0 Å². The molecule has 0 saturated heterocycles. The lowest BCUT2D eigenvalue weighted by Crippen LogP contribution is -2.35. The minimum Gasteiger partial charge on any atom is -0.497 e. The molecule has 0 atom stereocenters. The first-order valence-electron chi connectivity index (χ1n) is 17.0. The van der Waals surface area contributed by atoms with E-state index in [2.05, 4.69) is 12.2 Å². The number of esters is 1. The Hall–Kier alpha value is -5.85. The number of benzene rings is 4. The average Bonchev–Trinajstić information content (AvgIpc) is 3.13. The topological polar surface area (TPSA) is 131 Å². The lowest BCUT2D eigenvalue weighted by atomic mass is 10.1. The van der Waals surface area contributed by atoms with Crippen molar-refractivity contribution >= 4 is 29.4 Å². The molecular weight excluding hydrogens is 693 g/mol. The molecule has 2 N–H and O–H groups in total. The van der Waals surface area contributed by atoms with Gasteiger partial charge in [0.2, 0.25) is 5.91 Å². The van der Waals surface area contributed by atoms with Gasteiger partial charge >= 0.3 is 18.1 Å².